The molecule has 0 saturated heterocycles. The lowest BCUT2D eigenvalue weighted by Gasteiger charge is -2.11. The van der Waals surface area contributed by atoms with Crippen LogP contribution in [0.25, 0.3) is 0 Å². The number of carbonyl (C=O) groups is 3. The Morgan fingerprint density at radius 3 is 2.23 bits per heavy atom. The van der Waals surface area contributed by atoms with Crippen LogP contribution in [0.4, 0.5) is 4.79 Å². The molecule has 1 unspecified atom stereocenters. The minimum Gasteiger partial charge on any atom is -0.443 e. The fourth-order valence-electron chi connectivity index (χ4n) is 2.65. The van der Waals surface area contributed by atoms with Gasteiger partial charge in [-0.1, -0.05) is 62.4 Å². The fourth-order valence-corrected chi connectivity index (χ4v) is 2.65. The number of carbonyl (C=O) groups excluding carboxylic acids is 3. The second kappa shape index (κ2) is 11.5. The second-order valence-corrected chi connectivity index (χ2v) is 7.37. The quantitative estimate of drug-likeness (QED) is 0.324. The first-order valence-corrected chi connectivity index (χ1v) is 9.96. The summed E-state index contributed by atoms with van der Waals surface area (Å²) in [7, 11) is 0. The highest BCUT2D eigenvalue weighted by Crippen LogP contribution is 2.15. The van der Waals surface area contributed by atoms with E-state index >= 15 is 0 Å². The number of hydrogen-bond donors (Lipinski definition) is 3. The molecule has 0 spiro atoms. The Hall–Kier alpha value is -3.68. The summed E-state index contributed by atoms with van der Waals surface area (Å²) in [5.41, 5.74) is 9.38. The van der Waals surface area contributed by atoms with Crippen LogP contribution in [-0.2, 0) is 27.5 Å². The van der Waals surface area contributed by atoms with Gasteiger partial charge in [0.2, 0.25) is 12.3 Å². The van der Waals surface area contributed by atoms with Crippen LogP contribution in [0.15, 0.2) is 53.5 Å². The fraction of sp³-hybridized carbons (Fsp3) is 0.304. The van der Waals surface area contributed by atoms with Gasteiger partial charge in [-0.05, 0) is 29.5 Å². The third kappa shape index (κ3) is 7.58. The third-order valence-electron chi connectivity index (χ3n) is 4.65. The number of hydrogen-bond acceptors (Lipinski definition) is 4. The number of nitrogens with two attached hydrogens (primary N) is 1. The summed E-state index contributed by atoms with van der Waals surface area (Å²) in [5, 5.41) is 5.09. The molecule has 3 amide bonds. The minimum atomic E-state index is -0.765. The normalized spacial score (nSPS) is 12.2. The maximum atomic E-state index is 12.0. The molecule has 8 nitrogen and oxygen atoms in total. The van der Waals surface area contributed by atoms with Crippen LogP contribution in [0.5, 0.6) is 0 Å². The van der Waals surface area contributed by atoms with Gasteiger partial charge in [0, 0.05) is 12.1 Å². The van der Waals surface area contributed by atoms with E-state index in [1.807, 2.05) is 24.3 Å². The average Bonchev–Trinajstić information content (AvgIpc) is 2.76. The predicted octanol–water partition coefficient (Wildman–Crippen LogP) is 2.60. The van der Waals surface area contributed by atoms with Crippen molar-refractivity contribution >= 4 is 24.2 Å². The first kappa shape index (κ1) is 23.6. The van der Waals surface area contributed by atoms with Crippen LogP contribution >= 0.6 is 0 Å². The van der Waals surface area contributed by atoms with Crippen LogP contribution in [0, 0.1) is 0 Å². The topological polar surface area (TPSA) is 123 Å². The molecule has 0 aliphatic heterocycles. The molecule has 0 saturated carbocycles. The van der Waals surface area contributed by atoms with E-state index in [2.05, 4.69) is 29.5 Å². The SMILES string of the molecule is CC(NC=O)C(=O)NCc1ccc(/C(N)=N/C(=O)OCc2ccc(C(C)C)cc2)cc1. The summed E-state index contributed by atoms with van der Waals surface area (Å²) >= 11 is 0. The Balaban J connectivity index is 1.87. The number of amidine groups is 1. The van der Waals surface area contributed by atoms with Gasteiger partial charge in [0.25, 0.3) is 0 Å². The number of benzene rings is 2. The van der Waals surface area contributed by atoms with Gasteiger partial charge in [0.1, 0.15) is 18.5 Å². The zero-order valence-corrected chi connectivity index (χ0v) is 17.9. The number of rotatable bonds is 9. The van der Waals surface area contributed by atoms with E-state index in [0.717, 1.165) is 11.1 Å². The molecular formula is C23H28N4O4. The van der Waals surface area contributed by atoms with Gasteiger partial charge in [0.15, 0.2) is 0 Å². The Bertz CT molecular complexity index is 922. The van der Waals surface area contributed by atoms with Crippen LogP contribution in [0.2, 0.25) is 0 Å². The van der Waals surface area contributed by atoms with E-state index in [9.17, 15) is 14.4 Å². The highest BCUT2D eigenvalue weighted by molar-refractivity contribution is 6.02. The van der Waals surface area contributed by atoms with Crippen molar-refractivity contribution in [3.05, 3.63) is 70.8 Å². The Labute approximate surface area is 181 Å². The molecule has 4 N–H and O–H groups in total. The first-order valence-electron chi connectivity index (χ1n) is 9.96. The standard InChI is InChI=1S/C23H28N4O4/c1-15(2)19-8-6-18(7-9-19)13-31-23(30)27-21(24)20-10-4-17(5-11-20)12-25-22(29)16(3)26-14-28/h4-11,14-16H,12-13H2,1-3H3,(H,25,29)(H,26,28)(H2,24,27,30). The second-order valence-electron chi connectivity index (χ2n) is 7.37. The Kier molecular flexibility index (Phi) is 8.75. The van der Waals surface area contributed by atoms with E-state index < -0.39 is 12.1 Å². The smallest absolute Gasteiger partial charge is 0.435 e. The highest BCUT2D eigenvalue weighted by Gasteiger charge is 2.11. The van der Waals surface area contributed by atoms with Gasteiger partial charge < -0.3 is 21.1 Å². The van der Waals surface area contributed by atoms with Crippen molar-refractivity contribution in [2.45, 2.75) is 45.9 Å². The van der Waals surface area contributed by atoms with Crippen LogP contribution in [0.3, 0.4) is 0 Å². The molecule has 164 valence electrons. The summed E-state index contributed by atoms with van der Waals surface area (Å²) in [5.74, 6) is 0.185. The van der Waals surface area contributed by atoms with E-state index in [0.29, 0.717) is 24.4 Å². The first-order chi connectivity index (χ1) is 14.8. The van der Waals surface area contributed by atoms with E-state index in [-0.39, 0.29) is 18.3 Å². The van der Waals surface area contributed by atoms with Crippen LogP contribution < -0.4 is 16.4 Å². The molecule has 0 aromatic heterocycles. The predicted molar refractivity (Wildman–Crippen MR) is 118 cm³/mol. The molecule has 8 heteroatoms. The molecule has 0 bridgehead atoms. The van der Waals surface area contributed by atoms with E-state index in [4.69, 9.17) is 10.5 Å². The summed E-state index contributed by atoms with van der Waals surface area (Å²) in [6, 6.07) is 14.2. The van der Waals surface area contributed by atoms with Crippen molar-refractivity contribution in [2.75, 3.05) is 0 Å². The molecule has 0 aliphatic carbocycles. The van der Waals surface area contributed by atoms with Crippen molar-refractivity contribution in [1.29, 1.82) is 0 Å². The monoisotopic (exact) mass is 424 g/mol. The van der Waals surface area contributed by atoms with Crippen molar-refractivity contribution < 1.29 is 19.1 Å². The van der Waals surface area contributed by atoms with Gasteiger partial charge >= 0.3 is 6.09 Å². The molecule has 0 radical (unpaired) electrons. The Morgan fingerprint density at radius 1 is 1.03 bits per heavy atom. The van der Waals surface area contributed by atoms with Crippen molar-refractivity contribution in [2.24, 2.45) is 10.7 Å². The highest BCUT2D eigenvalue weighted by atomic mass is 16.5. The molecule has 0 fully saturated rings. The van der Waals surface area contributed by atoms with Crippen molar-refractivity contribution in [3.8, 4) is 0 Å². The minimum absolute atomic E-state index is 0.0412. The third-order valence-corrected chi connectivity index (χ3v) is 4.65. The molecule has 2 aromatic rings. The maximum Gasteiger partial charge on any atom is 0.435 e. The van der Waals surface area contributed by atoms with Gasteiger partial charge in [-0.2, -0.15) is 4.99 Å². The number of nitrogens with one attached hydrogen (secondary N) is 2. The molecule has 2 aromatic carbocycles. The molecule has 1 atom stereocenters. The van der Waals surface area contributed by atoms with E-state index in [1.165, 1.54) is 5.56 Å². The van der Waals surface area contributed by atoms with Gasteiger partial charge in [-0.25, -0.2) is 4.79 Å². The van der Waals surface area contributed by atoms with Gasteiger partial charge in [0.05, 0.1) is 0 Å². The number of amides is 3. The van der Waals surface area contributed by atoms with Crippen LogP contribution in [0.1, 0.15) is 48.9 Å². The summed E-state index contributed by atoms with van der Waals surface area (Å²) in [6.45, 7) is 6.22. The summed E-state index contributed by atoms with van der Waals surface area (Å²) in [4.78, 5) is 37.9. The molecule has 31 heavy (non-hydrogen) atoms. The zero-order valence-electron chi connectivity index (χ0n) is 17.9. The van der Waals surface area contributed by atoms with E-state index in [1.54, 1.807) is 31.2 Å². The lowest BCUT2D eigenvalue weighted by Crippen LogP contribution is -2.41. The van der Waals surface area contributed by atoms with Gasteiger partial charge in [-0.3, -0.25) is 9.59 Å². The van der Waals surface area contributed by atoms with Crippen molar-refractivity contribution in [3.63, 3.8) is 0 Å². The van der Waals surface area contributed by atoms with Crippen LogP contribution in [-0.4, -0.2) is 30.3 Å². The molecule has 0 aliphatic rings. The lowest BCUT2D eigenvalue weighted by atomic mass is 10.0. The lowest BCUT2D eigenvalue weighted by molar-refractivity contribution is -0.125. The molecule has 2 rings (SSSR count). The average molecular weight is 425 g/mol. The van der Waals surface area contributed by atoms with Crippen molar-refractivity contribution in [1.82, 2.24) is 10.6 Å². The molecule has 0 heterocycles. The Morgan fingerprint density at radius 2 is 1.65 bits per heavy atom. The van der Waals surface area contributed by atoms with Gasteiger partial charge in [-0.15, -0.1) is 0 Å². The largest absolute Gasteiger partial charge is 0.443 e. The zero-order chi connectivity index (χ0) is 22.8. The number of nitrogens with zero attached hydrogens (tertiary/aromatic N) is 1. The summed E-state index contributed by atoms with van der Waals surface area (Å²) in [6.07, 6.45) is -0.285. The maximum absolute atomic E-state index is 12.0. The summed E-state index contributed by atoms with van der Waals surface area (Å²) < 4.78 is 5.17. The number of ether oxygens (including phenoxy) is 1. The number of aliphatic imine (C=N–C) groups is 1. The molecular weight excluding hydrogens is 396 g/mol.